The van der Waals surface area contributed by atoms with E-state index >= 15 is 0 Å². The minimum absolute atomic E-state index is 0.0273. The Bertz CT molecular complexity index is 2310. The van der Waals surface area contributed by atoms with Crippen molar-refractivity contribution in [1.82, 2.24) is 25.6 Å². The second kappa shape index (κ2) is 36.7. The summed E-state index contributed by atoms with van der Waals surface area (Å²) in [6.45, 7) is 23.8. The standard InChI is InChI=1S/C57H96N5O19PS2/c1-36(2)75-40(7)55-48(31-39(6)77-55)81-82(69,80-41(8)56-47(76-37(3)4)30-38(5)78-56)74-22-17-43-14-12-13-15-50(43)83-84-57(10,11)19-16-51(66)58-33-44-34-62(61-60-44)20-23-71-25-27-73-29-28-72-26-24-70-21-18-45(65)32-46-52(59-42(9)64)54(68)53(67)49(35-63)79-46/h12-15,34,36-41,46-49,52-56,63,67-68H,16-33,35H2,1-11H3,(H,58,66)(H,59,64)/t38-,39-,40?,41?,46?,47+,48+,49?,52?,53?,54?,55+,56+,82?/m0/s1. The first-order valence-electron chi connectivity index (χ1n) is 29.5. The third-order valence-electron chi connectivity index (χ3n) is 14.0. The smallest absolute Gasteiger partial charge is 0.394 e. The molecule has 5 rings (SSSR count). The van der Waals surface area contributed by atoms with E-state index in [0.717, 1.165) is 10.5 Å². The van der Waals surface area contributed by atoms with Crippen LogP contribution >= 0.6 is 29.4 Å². The number of aromatic nitrogens is 3. The first-order chi connectivity index (χ1) is 39.9. The predicted molar refractivity (Wildman–Crippen MR) is 314 cm³/mol. The molecule has 2 aromatic rings. The second-order valence-corrected chi connectivity index (χ2v) is 27.2. The van der Waals surface area contributed by atoms with E-state index in [1.807, 2.05) is 79.7 Å². The van der Waals surface area contributed by atoms with E-state index in [-0.39, 0.29) is 92.3 Å². The number of Topliss-reactive ketones (excluding diaryl/α,β-unsaturated/α-hetero) is 1. The van der Waals surface area contributed by atoms with Crippen LogP contribution in [0.25, 0.3) is 0 Å². The number of ether oxygens (including phenoxy) is 9. The summed E-state index contributed by atoms with van der Waals surface area (Å²) in [5.74, 6) is -0.773. The van der Waals surface area contributed by atoms with E-state index in [4.69, 9.17) is 56.2 Å². The maximum atomic E-state index is 14.9. The number of hydrogen-bond donors (Lipinski definition) is 5. The lowest BCUT2D eigenvalue weighted by molar-refractivity contribution is -0.196. The number of carbonyl (C=O) groups is 3. The highest BCUT2D eigenvalue weighted by molar-refractivity contribution is 8.77. The molecule has 0 bridgehead atoms. The highest BCUT2D eigenvalue weighted by Gasteiger charge is 2.48. The van der Waals surface area contributed by atoms with Crippen molar-refractivity contribution < 1.29 is 90.5 Å². The summed E-state index contributed by atoms with van der Waals surface area (Å²) in [5.41, 5.74) is 1.63. The Morgan fingerprint density at radius 2 is 1.44 bits per heavy atom. The fraction of sp³-hybridized carbons (Fsp3) is 0.807. The molecule has 3 fully saturated rings. The zero-order chi connectivity index (χ0) is 61.4. The Kier molecular flexibility index (Phi) is 31.5. The number of aliphatic hydroxyl groups excluding tert-OH is 3. The molecule has 8 unspecified atom stereocenters. The predicted octanol–water partition coefficient (Wildman–Crippen LogP) is 5.71. The molecule has 3 aliphatic rings. The van der Waals surface area contributed by atoms with E-state index in [1.54, 1.807) is 32.5 Å². The summed E-state index contributed by atoms with van der Waals surface area (Å²) in [6, 6.07) is 7.02. The average molecular weight is 1250 g/mol. The Labute approximate surface area is 504 Å². The second-order valence-electron chi connectivity index (χ2n) is 22.7. The zero-order valence-electron chi connectivity index (χ0n) is 51.0. The van der Waals surface area contributed by atoms with Crippen LogP contribution in [-0.4, -0.2) is 210 Å². The molecule has 14 atom stereocenters. The first kappa shape index (κ1) is 72.0. The quantitative estimate of drug-likeness (QED) is 0.0302. The molecule has 2 amide bonds. The third-order valence-corrected chi connectivity index (χ3v) is 19.0. The topological polar surface area (TPSA) is 294 Å². The van der Waals surface area contributed by atoms with Crippen molar-refractivity contribution >= 4 is 47.0 Å². The van der Waals surface area contributed by atoms with Gasteiger partial charge in [-0.05, 0) is 93.7 Å². The van der Waals surface area contributed by atoms with Crippen molar-refractivity contribution in [3.05, 3.63) is 41.7 Å². The largest absolute Gasteiger partial charge is 0.475 e. The summed E-state index contributed by atoms with van der Waals surface area (Å²) in [6.07, 6.45) is -3.60. The Balaban J connectivity index is 0.937. The van der Waals surface area contributed by atoms with Gasteiger partial charge in [0.1, 0.15) is 48.1 Å². The molecule has 0 radical (unpaired) electrons. The summed E-state index contributed by atoms with van der Waals surface area (Å²) in [4.78, 5) is 38.3. The van der Waals surface area contributed by atoms with Gasteiger partial charge in [0.05, 0.1) is 140 Å². The van der Waals surface area contributed by atoms with Crippen LogP contribution in [0.3, 0.4) is 0 Å². The van der Waals surface area contributed by atoms with Crippen molar-refractivity contribution in [1.29, 1.82) is 0 Å². The maximum Gasteiger partial charge on any atom is 0.475 e. The van der Waals surface area contributed by atoms with Crippen molar-refractivity contribution in [3.63, 3.8) is 0 Å². The lowest BCUT2D eigenvalue weighted by atomic mass is 9.90. The normalized spacial score (nSPS) is 26.2. The summed E-state index contributed by atoms with van der Waals surface area (Å²) >= 11 is 0. The average Bonchev–Trinajstić information content (AvgIpc) is 4.14. The number of nitrogens with one attached hydrogen (secondary N) is 2. The van der Waals surface area contributed by atoms with Gasteiger partial charge >= 0.3 is 7.82 Å². The van der Waals surface area contributed by atoms with Gasteiger partial charge < -0.3 is 68.6 Å². The Morgan fingerprint density at radius 3 is 2.08 bits per heavy atom. The number of phosphoric ester groups is 1. The van der Waals surface area contributed by atoms with Gasteiger partial charge in [-0.3, -0.25) is 28.0 Å². The number of aliphatic hydroxyl groups is 3. The van der Waals surface area contributed by atoms with Crippen LogP contribution in [0, 0.1) is 0 Å². The fourth-order valence-electron chi connectivity index (χ4n) is 9.87. The van der Waals surface area contributed by atoms with Crippen molar-refractivity contribution in [2.75, 3.05) is 66.1 Å². The monoisotopic (exact) mass is 1250 g/mol. The molecule has 1 aromatic carbocycles. The van der Waals surface area contributed by atoms with Gasteiger partial charge in [0.25, 0.3) is 0 Å². The maximum absolute atomic E-state index is 14.9. The highest BCUT2D eigenvalue weighted by atomic mass is 33.1. The lowest BCUT2D eigenvalue weighted by Gasteiger charge is -2.42. The van der Waals surface area contributed by atoms with Crippen LogP contribution in [0.1, 0.15) is 126 Å². The fourth-order valence-corrected chi connectivity index (χ4v) is 14.0. The molecular formula is C57H96N5O19PS2. The SMILES string of the molecule is CC(=O)NC1C(CC(=O)CCOCCOCCOCCOCCn2cc(CNC(=O)CCC(C)(C)SSc3ccccc3CCOP(=O)(OC(C)[C@H]3O[C@@H](C)C[C@H]3OC(C)C)O[C@@H]3C[C@H](C)O[C@@H]3C(C)OC(C)C)nn2)OC(CO)C(O)C1O. The van der Waals surface area contributed by atoms with Crippen LogP contribution in [-0.2, 0) is 94.7 Å². The van der Waals surface area contributed by atoms with E-state index in [0.29, 0.717) is 84.0 Å². The van der Waals surface area contributed by atoms with Gasteiger partial charge in [-0.2, -0.15) is 0 Å². The molecule has 1 aromatic heterocycles. The minimum atomic E-state index is -4.22. The van der Waals surface area contributed by atoms with Gasteiger partial charge in [0, 0.05) is 48.7 Å². The van der Waals surface area contributed by atoms with Gasteiger partial charge in [-0.15, -0.1) is 5.10 Å². The molecule has 84 heavy (non-hydrogen) atoms. The van der Waals surface area contributed by atoms with Gasteiger partial charge in [-0.1, -0.05) is 45.0 Å². The molecule has 0 aliphatic carbocycles. The molecular weight excluding hydrogens is 1150 g/mol. The first-order valence-corrected chi connectivity index (χ1v) is 33.1. The summed E-state index contributed by atoms with van der Waals surface area (Å²) in [5, 5.41) is 43.9. The molecule has 5 N–H and O–H groups in total. The van der Waals surface area contributed by atoms with Crippen LogP contribution in [0.15, 0.2) is 35.4 Å². The molecule has 27 heteroatoms. The van der Waals surface area contributed by atoms with E-state index < -0.39 is 75.2 Å². The Hall–Kier alpha value is -2.70. The van der Waals surface area contributed by atoms with E-state index in [9.17, 15) is 34.3 Å². The van der Waals surface area contributed by atoms with Gasteiger partial charge in [0.15, 0.2) is 0 Å². The van der Waals surface area contributed by atoms with Crippen LogP contribution < -0.4 is 10.6 Å². The number of phosphoric acid groups is 1. The minimum Gasteiger partial charge on any atom is -0.394 e. The molecule has 0 spiro atoms. The number of ketones is 1. The Morgan fingerprint density at radius 1 is 0.810 bits per heavy atom. The van der Waals surface area contributed by atoms with Gasteiger partial charge in [-0.25, -0.2) is 9.25 Å². The van der Waals surface area contributed by atoms with Crippen molar-refractivity contribution in [3.8, 4) is 0 Å². The molecule has 3 aliphatic heterocycles. The van der Waals surface area contributed by atoms with Crippen molar-refractivity contribution in [2.24, 2.45) is 0 Å². The van der Waals surface area contributed by atoms with Crippen LogP contribution in [0.2, 0.25) is 0 Å². The molecule has 4 heterocycles. The number of carbonyl (C=O) groups excluding carboxylic acids is 3. The highest BCUT2D eigenvalue weighted by Crippen LogP contribution is 2.55. The third kappa shape index (κ3) is 25.4. The lowest BCUT2D eigenvalue weighted by Crippen LogP contribution is -2.64. The number of benzene rings is 1. The molecule has 24 nitrogen and oxygen atoms in total. The number of rotatable bonds is 41. The van der Waals surface area contributed by atoms with Crippen LogP contribution in [0.5, 0.6) is 0 Å². The number of hydrogen-bond acceptors (Lipinski definition) is 23. The molecule has 0 saturated carbocycles. The van der Waals surface area contributed by atoms with Gasteiger partial charge in [0.2, 0.25) is 11.8 Å². The molecule has 3 saturated heterocycles. The number of nitrogens with zero attached hydrogens (tertiary/aromatic N) is 3. The number of amides is 2. The van der Waals surface area contributed by atoms with E-state index in [1.165, 1.54) is 6.92 Å². The van der Waals surface area contributed by atoms with Crippen molar-refractivity contribution in [2.45, 2.75) is 235 Å². The summed E-state index contributed by atoms with van der Waals surface area (Å²) < 4.78 is 87.9. The van der Waals surface area contributed by atoms with Crippen LogP contribution in [0.4, 0.5) is 0 Å². The zero-order valence-corrected chi connectivity index (χ0v) is 53.5. The summed E-state index contributed by atoms with van der Waals surface area (Å²) in [7, 11) is -0.913. The van der Waals surface area contributed by atoms with E-state index in [2.05, 4.69) is 34.8 Å². The molecule has 480 valence electrons.